The molecule has 5 atom stereocenters. The van der Waals surface area contributed by atoms with Gasteiger partial charge in [-0.15, -0.1) is 0 Å². The van der Waals surface area contributed by atoms with Crippen molar-refractivity contribution in [3.63, 3.8) is 0 Å². The van der Waals surface area contributed by atoms with E-state index >= 15 is 0 Å². The monoisotopic (exact) mass is 258 g/mol. The van der Waals surface area contributed by atoms with Crippen LogP contribution in [0.15, 0.2) is 0 Å². The Morgan fingerprint density at radius 2 is 1.88 bits per heavy atom. The fourth-order valence-electron chi connectivity index (χ4n) is 3.14. The topological polar surface area (TPSA) is 38.5 Å². The molecule has 2 heterocycles. The lowest BCUT2D eigenvalue weighted by Gasteiger charge is -2.41. The summed E-state index contributed by atoms with van der Waals surface area (Å²) < 4.78 is 6.01. The molecule has 17 heavy (non-hydrogen) atoms. The summed E-state index contributed by atoms with van der Waals surface area (Å²) >= 11 is 2.09. The van der Waals surface area contributed by atoms with Crippen molar-refractivity contribution in [2.75, 3.05) is 19.6 Å². The maximum atomic E-state index is 6.01. The van der Waals surface area contributed by atoms with Gasteiger partial charge in [-0.2, -0.15) is 11.8 Å². The molecule has 0 aromatic rings. The molecular formula is C13H26N2OS. The number of nitrogens with zero attached hydrogens (tertiary/aromatic N) is 1. The van der Waals surface area contributed by atoms with Crippen molar-refractivity contribution < 1.29 is 4.74 Å². The van der Waals surface area contributed by atoms with E-state index in [0.717, 1.165) is 19.6 Å². The Morgan fingerprint density at radius 1 is 1.24 bits per heavy atom. The van der Waals surface area contributed by atoms with E-state index < -0.39 is 0 Å². The van der Waals surface area contributed by atoms with Crippen LogP contribution in [0.3, 0.4) is 0 Å². The highest BCUT2D eigenvalue weighted by Crippen LogP contribution is 2.30. The molecule has 0 aromatic heterocycles. The van der Waals surface area contributed by atoms with E-state index in [-0.39, 0.29) is 0 Å². The van der Waals surface area contributed by atoms with E-state index in [1.807, 2.05) is 0 Å². The fraction of sp³-hybridized carbons (Fsp3) is 1.00. The quantitative estimate of drug-likeness (QED) is 0.836. The Balaban J connectivity index is 1.97. The van der Waals surface area contributed by atoms with Crippen LogP contribution in [0, 0.1) is 0 Å². The number of thioether (sulfide) groups is 1. The van der Waals surface area contributed by atoms with Crippen LogP contribution in [-0.2, 0) is 4.74 Å². The van der Waals surface area contributed by atoms with Gasteiger partial charge in [0.1, 0.15) is 0 Å². The zero-order chi connectivity index (χ0) is 12.4. The highest BCUT2D eigenvalue weighted by molar-refractivity contribution is 8.00. The Morgan fingerprint density at radius 3 is 2.35 bits per heavy atom. The van der Waals surface area contributed by atoms with Gasteiger partial charge < -0.3 is 10.5 Å². The largest absolute Gasteiger partial charge is 0.374 e. The minimum atomic E-state index is 0.359. The fourth-order valence-corrected chi connectivity index (χ4v) is 4.49. The molecule has 0 aliphatic carbocycles. The molecule has 0 radical (unpaired) electrons. The molecule has 0 amide bonds. The van der Waals surface area contributed by atoms with Crippen molar-refractivity contribution in [3.05, 3.63) is 0 Å². The summed E-state index contributed by atoms with van der Waals surface area (Å²) in [6.07, 6.45) is 3.14. The maximum absolute atomic E-state index is 6.01. The van der Waals surface area contributed by atoms with Crippen LogP contribution < -0.4 is 5.73 Å². The van der Waals surface area contributed by atoms with Gasteiger partial charge in [0.15, 0.2) is 0 Å². The molecule has 0 bridgehead atoms. The van der Waals surface area contributed by atoms with Crippen LogP contribution in [-0.4, -0.2) is 53.3 Å². The second-order valence-corrected chi connectivity index (χ2v) is 7.46. The zero-order valence-corrected chi connectivity index (χ0v) is 12.1. The average molecular weight is 258 g/mol. The van der Waals surface area contributed by atoms with Gasteiger partial charge in [0, 0.05) is 36.2 Å². The lowest BCUT2D eigenvalue weighted by Crippen LogP contribution is -2.54. The number of ether oxygens (including phenoxy) is 1. The Kier molecular flexibility index (Phi) is 4.75. The summed E-state index contributed by atoms with van der Waals surface area (Å²) in [4.78, 5) is 2.56. The van der Waals surface area contributed by atoms with Gasteiger partial charge in [-0.3, -0.25) is 4.90 Å². The standard InChI is InChI=1S/C13H26N2OS/c1-9-4-5-13(16-9)12(6-14)15-7-10(2)17-11(3)8-15/h9-13H,4-8,14H2,1-3H3. The second kappa shape index (κ2) is 5.91. The molecule has 2 aliphatic heterocycles. The van der Waals surface area contributed by atoms with Crippen LogP contribution in [0.2, 0.25) is 0 Å². The predicted octanol–water partition coefficient (Wildman–Crippen LogP) is 1.71. The van der Waals surface area contributed by atoms with E-state index in [9.17, 15) is 0 Å². The Bertz CT molecular complexity index is 242. The smallest absolute Gasteiger partial charge is 0.0747 e. The summed E-state index contributed by atoms with van der Waals surface area (Å²) in [6, 6.07) is 0.422. The molecule has 100 valence electrons. The molecule has 2 rings (SSSR count). The molecule has 2 N–H and O–H groups in total. The third-order valence-electron chi connectivity index (χ3n) is 3.85. The van der Waals surface area contributed by atoms with Gasteiger partial charge in [-0.05, 0) is 19.8 Å². The average Bonchev–Trinajstić information content (AvgIpc) is 2.64. The van der Waals surface area contributed by atoms with Gasteiger partial charge in [0.05, 0.1) is 12.2 Å². The van der Waals surface area contributed by atoms with Crippen molar-refractivity contribution in [3.8, 4) is 0 Å². The van der Waals surface area contributed by atoms with Gasteiger partial charge in [0.25, 0.3) is 0 Å². The Hall–Kier alpha value is 0.230. The summed E-state index contributed by atoms with van der Waals surface area (Å²) in [5.41, 5.74) is 5.99. The third-order valence-corrected chi connectivity index (χ3v) is 5.08. The van der Waals surface area contributed by atoms with Crippen molar-refractivity contribution >= 4 is 11.8 Å². The molecule has 0 saturated carbocycles. The van der Waals surface area contributed by atoms with E-state index in [1.165, 1.54) is 12.8 Å². The third kappa shape index (κ3) is 3.37. The SMILES string of the molecule is CC1CCC(C(CN)N2CC(C)SC(C)C2)O1. The van der Waals surface area contributed by atoms with Gasteiger partial charge in [-0.1, -0.05) is 13.8 Å². The summed E-state index contributed by atoms with van der Waals surface area (Å²) in [5, 5.41) is 1.43. The van der Waals surface area contributed by atoms with Crippen molar-refractivity contribution in [1.29, 1.82) is 0 Å². The normalized spacial score (nSPS) is 41.6. The van der Waals surface area contributed by atoms with E-state index in [4.69, 9.17) is 10.5 Å². The first-order chi connectivity index (χ1) is 8.10. The van der Waals surface area contributed by atoms with E-state index in [0.29, 0.717) is 28.7 Å². The summed E-state index contributed by atoms with van der Waals surface area (Å²) in [7, 11) is 0. The molecule has 0 spiro atoms. The van der Waals surface area contributed by atoms with Crippen LogP contribution in [0.1, 0.15) is 33.6 Å². The lowest BCUT2D eigenvalue weighted by molar-refractivity contribution is -0.00470. The number of nitrogens with two attached hydrogens (primary N) is 1. The van der Waals surface area contributed by atoms with Crippen molar-refractivity contribution in [2.24, 2.45) is 5.73 Å². The van der Waals surface area contributed by atoms with Crippen molar-refractivity contribution in [2.45, 2.75) is 62.4 Å². The molecule has 3 nitrogen and oxygen atoms in total. The van der Waals surface area contributed by atoms with Gasteiger partial charge in [-0.25, -0.2) is 0 Å². The molecule has 2 aliphatic rings. The van der Waals surface area contributed by atoms with Gasteiger partial charge in [0.2, 0.25) is 0 Å². The first kappa shape index (κ1) is 13.7. The first-order valence-electron chi connectivity index (χ1n) is 6.85. The van der Waals surface area contributed by atoms with Gasteiger partial charge >= 0.3 is 0 Å². The van der Waals surface area contributed by atoms with Crippen molar-refractivity contribution in [1.82, 2.24) is 4.90 Å². The molecule has 2 saturated heterocycles. The highest BCUT2D eigenvalue weighted by atomic mass is 32.2. The number of rotatable bonds is 3. The second-order valence-electron chi connectivity index (χ2n) is 5.58. The minimum Gasteiger partial charge on any atom is -0.374 e. The molecular weight excluding hydrogens is 232 g/mol. The summed E-state index contributed by atoms with van der Waals surface area (Å²) in [5.74, 6) is 0. The molecule has 4 heteroatoms. The minimum absolute atomic E-state index is 0.359. The van der Waals surface area contributed by atoms with Crippen LogP contribution >= 0.6 is 11.8 Å². The van der Waals surface area contributed by atoms with Crippen LogP contribution in [0.5, 0.6) is 0 Å². The summed E-state index contributed by atoms with van der Waals surface area (Å²) in [6.45, 7) is 9.85. The first-order valence-corrected chi connectivity index (χ1v) is 7.79. The zero-order valence-electron chi connectivity index (χ0n) is 11.3. The van der Waals surface area contributed by atoms with Crippen LogP contribution in [0.4, 0.5) is 0 Å². The molecule has 0 aromatic carbocycles. The molecule has 2 fully saturated rings. The number of hydrogen-bond donors (Lipinski definition) is 1. The maximum Gasteiger partial charge on any atom is 0.0747 e. The Labute approximate surface area is 109 Å². The van der Waals surface area contributed by atoms with Crippen LogP contribution in [0.25, 0.3) is 0 Å². The highest BCUT2D eigenvalue weighted by Gasteiger charge is 2.35. The lowest BCUT2D eigenvalue weighted by atomic mass is 10.0. The number of hydrogen-bond acceptors (Lipinski definition) is 4. The predicted molar refractivity (Wildman–Crippen MR) is 74.5 cm³/mol. The van der Waals surface area contributed by atoms with E-state index in [2.05, 4.69) is 37.4 Å². The van der Waals surface area contributed by atoms with E-state index in [1.54, 1.807) is 0 Å². The molecule has 5 unspecified atom stereocenters.